The first-order valence-corrected chi connectivity index (χ1v) is 17.3. The molecule has 1 amide bonds. The van der Waals surface area contributed by atoms with Crippen molar-refractivity contribution in [3.63, 3.8) is 0 Å². The normalized spacial score (nSPS) is 15.1. The molecule has 0 spiro atoms. The van der Waals surface area contributed by atoms with Crippen LogP contribution < -0.4 is 28.6 Å². The predicted octanol–water partition coefficient (Wildman–Crippen LogP) is 5.89. The fourth-order valence-electron chi connectivity index (χ4n) is 7.13. The molecule has 0 saturated carbocycles. The van der Waals surface area contributed by atoms with Crippen LogP contribution in [0.4, 0.5) is 5.95 Å². The Morgan fingerprint density at radius 3 is 2.49 bits per heavy atom. The first-order chi connectivity index (χ1) is 24.9. The summed E-state index contributed by atoms with van der Waals surface area (Å²) < 4.78 is 35.5. The molecule has 12 heteroatoms. The Kier molecular flexibility index (Phi) is 10.2. The second-order valence-electron chi connectivity index (χ2n) is 13.0. The standard InChI is InChI=1S/C39H45N5O7/c1-41(38(45)30-21-35(46-2)37(48-4)36(22-30)47-3)24-29(28-10-11-33-34(20-28)51-26-50-33)12-16-42-14-7-15-43(18-17-42)39-40-31-8-5-6-9-32(31)44(39)23-27-13-19-49-25-27/h5-6,8-11,13,19-22,25,29H,7,12,14-18,23-24,26H2,1-4H3. The molecule has 1 atom stereocenters. The van der Waals surface area contributed by atoms with E-state index in [1.54, 1.807) is 50.9 Å². The number of carbonyl (C=O) groups is 1. The van der Waals surface area contributed by atoms with Gasteiger partial charge in [-0.2, -0.15) is 0 Å². The molecule has 0 N–H and O–H groups in total. The van der Waals surface area contributed by atoms with E-state index in [0.717, 1.165) is 85.2 Å². The topological polar surface area (TPSA) is 104 Å². The van der Waals surface area contributed by atoms with Gasteiger partial charge in [0.2, 0.25) is 18.5 Å². The Balaban J connectivity index is 1.07. The van der Waals surface area contributed by atoms with Gasteiger partial charge in [-0.25, -0.2) is 4.98 Å². The van der Waals surface area contributed by atoms with Crippen LogP contribution in [0.3, 0.4) is 0 Å². The SMILES string of the molecule is COc1cc(C(=O)N(C)CC(CCN2CCCN(c3nc4ccccc4n3Cc3ccoc3)CC2)c2ccc3c(c2)OCO3)cc(OC)c1OC. The molecule has 0 aliphatic carbocycles. The Hall–Kier alpha value is -5.36. The average Bonchev–Trinajstić information content (AvgIpc) is 3.90. The molecule has 2 aromatic heterocycles. The fourth-order valence-corrected chi connectivity index (χ4v) is 7.13. The lowest BCUT2D eigenvalue weighted by molar-refractivity contribution is 0.0782. The number of imidazole rings is 1. The number of ether oxygens (including phenoxy) is 5. The molecule has 51 heavy (non-hydrogen) atoms. The van der Waals surface area contributed by atoms with E-state index in [0.29, 0.717) is 35.9 Å². The molecule has 7 rings (SSSR count). The number of likely N-dealkylation sites (N-methyl/N-ethyl adjacent to an activating group) is 1. The smallest absolute Gasteiger partial charge is 0.253 e. The Morgan fingerprint density at radius 1 is 0.922 bits per heavy atom. The molecule has 12 nitrogen and oxygen atoms in total. The van der Waals surface area contributed by atoms with Gasteiger partial charge in [-0.15, -0.1) is 0 Å². The highest BCUT2D eigenvalue weighted by molar-refractivity contribution is 5.95. The van der Waals surface area contributed by atoms with Gasteiger partial charge in [0.05, 0.1) is 51.4 Å². The van der Waals surface area contributed by atoms with Gasteiger partial charge >= 0.3 is 0 Å². The maximum atomic E-state index is 13.8. The van der Waals surface area contributed by atoms with Crippen molar-refractivity contribution in [3.8, 4) is 28.7 Å². The molecule has 2 aliphatic rings. The first kappa shape index (κ1) is 34.1. The van der Waals surface area contributed by atoms with Crippen LogP contribution in [0.5, 0.6) is 28.7 Å². The number of fused-ring (bicyclic) bond motifs is 2. The minimum absolute atomic E-state index is 0.0500. The van der Waals surface area contributed by atoms with Crippen LogP contribution in [-0.2, 0) is 6.54 Å². The maximum Gasteiger partial charge on any atom is 0.253 e. The number of amides is 1. The highest BCUT2D eigenvalue weighted by Gasteiger charge is 2.26. The summed E-state index contributed by atoms with van der Waals surface area (Å²) in [6.45, 7) is 5.97. The third-order valence-electron chi connectivity index (χ3n) is 9.84. The summed E-state index contributed by atoms with van der Waals surface area (Å²) in [5.41, 5.74) is 4.79. The van der Waals surface area contributed by atoms with Crippen LogP contribution in [0.2, 0.25) is 0 Å². The van der Waals surface area contributed by atoms with Gasteiger partial charge in [0.25, 0.3) is 5.91 Å². The second-order valence-corrected chi connectivity index (χ2v) is 13.0. The van der Waals surface area contributed by atoms with Crippen molar-refractivity contribution < 1.29 is 32.9 Å². The van der Waals surface area contributed by atoms with Crippen molar-refractivity contribution in [1.29, 1.82) is 0 Å². The number of aromatic nitrogens is 2. The Bertz CT molecular complexity index is 1930. The first-order valence-electron chi connectivity index (χ1n) is 17.3. The predicted molar refractivity (Wildman–Crippen MR) is 194 cm³/mol. The van der Waals surface area contributed by atoms with Crippen molar-refractivity contribution in [2.45, 2.75) is 25.3 Å². The van der Waals surface area contributed by atoms with Gasteiger partial charge in [0, 0.05) is 50.3 Å². The van der Waals surface area contributed by atoms with Gasteiger partial charge in [-0.1, -0.05) is 18.2 Å². The molecule has 1 unspecified atom stereocenters. The molecule has 2 aliphatic heterocycles. The summed E-state index contributed by atoms with van der Waals surface area (Å²) in [7, 11) is 6.48. The molecular formula is C39H45N5O7. The number of nitrogens with zero attached hydrogens (tertiary/aromatic N) is 5. The molecule has 3 aromatic carbocycles. The van der Waals surface area contributed by atoms with E-state index >= 15 is 0 Å². The van der Waals surface area contributed by atoms with E-state index in [1.165, 1.54) is 0 Å². The van der Waals surface area contributed by atoms with E-state index in [1.807, 2.05) is 25.2 Å². The highest BCUT2D eigenvalue weighted by Crippen LogP contribution is 2.39. The lowest BCUT2D eigenvalue weighted by Crippen LogP contribution is -2.35. The molecule has 0 bridgehead atoms. The van der Waals surface area contributed by atoms with Crippen LogP contribution >= 0.6 is 0 Å². The number of benzene rings is 3. The van der Waals surface area contributed by atoms with Gasteiger partial charge in [0.15, 0.2) is 23.0 Å². The molecule has 5 aromatic rings. The monoisotopic (exact) mass is 695 g/mol. The lowest BCUT2D eigenvalue weighted by Gasteiger charge is -2.28. The summed E-state index contributed by atoms with van der Waals surface area (Å²) >= 11 is 0. The van der Waals surface area contributed by atoms with Gasteiger partial charge in [-0.05, 0) is 74.0 Å². The van der Waals surface area contributed by atoms with Crippen LogP contribution in [0.1, 0.15) is 40.2 Å². The number of carbonyl (C=O) groups excluding carboxylic acids is 1. The number of furan rings is 1. The van der Waals surface area contributed by atoms with Crippen LogP contribution in [0, 0.1) is 0 Å². The van der Waals surface area contributed by atoms with E-state index in [9.17, 15) is 4.79 Å². The minimum atomic E-state index is -0.135. The zero-order valence-corrected chi connectivity index (χ0v) is 29.7. The number of anilines is 1. The van der Waals surface area contributed by atoms with Crippen molar-refractivity contribution >= 4 is 22.9 Å². The number of rotatable bonds is 13. The van der Waals surface area contributed by atoms with E-state index in [2.05, 4.69) is 44.7 Å². The molecule has 1 saturated heterocycles. The molecule has 4 heterocycles. The van der Waals surface area contributed by atoms with Crippen molar-refractivity contribution in [2.24, 2.45) is 0 Å². The summed E-state index contributed by atoms with van der Waals surface area (Å²) in [4.78, 5) is 25.7. The number of hydrogen-bond acceptors (Lipinski definition) is 10. The lowest BCUT2D eigenvalue weighted by atomic mass is 9.94. The van der Waals surface area contributed by atoms with Crippen LogP contribution in [0.25, 0.3) is 11.0 Å². The zero-order chi connectivity index (χ0) is 35.3. The zero-order valence-electron chi connectivity index (χ0n) is 29.7. The highest BCUT2D eigenvalue weighted by atomic mass is 16.7. The van der Waals surface area contributed by atoms with E-state index in [4.69, 9.17) is 33.1 Å². The summed E-state index contributed by atoms with van der Waals surface area (Å²) in [6, 6.07) is 19.8. The third-order valence-corrected chi connectivity index (χ3v) is 9.84. The molecule has 1 fully saturated rings. The quantitative estimate of drug-likeness (QED) is 0.148. The summed E-state index contributed by atoms with van der Waals surface area (Å²) in [6.07, 6.45) is 5.39. The average molecular weight is 696 g/mol. The van der Waals surface area contributed by atoms with Gasteiger partial charge < -0.3 is 47.4 Å². The Morgan fingerprint density at radius 2 is 1.73 bits per heavy atom. The van der Waals surface area contributed by atoms with Crippen LogP contribution in [-0.4, -0.2) is 99.7 Å². The van der Waals surface area contributed by atoms with Crippen LogP contribution in [0.15, 0.2) is 77.6 Å². The maximum absolute atomic E-state index is 13.8. The number of para-hydroxylation sites is 2. The molecule has 268 valence electrons. The largest absolute Gasteiger partial charge is 0.493 e. The third kappa shape index (κ3) is 7.27. The summed E-state index contributed by atoms with van der Waals surface area (Å²) in [5.74, 6) is 3.71. The van der Waals surface area contributed by atoms with Crippen molar-refractivity contribution in [1.82, 2.24) is 19.4 Å². The fraction of sp³-hybridized carbons (Fsp3) is 0.385. The van der Waals surface area contributed by atoms with Crippen molar-refractivity contribution in [3.05, 3.63) is 89.9 Å². The van der Waals surface area contributed by atoms with Gasteiger partial charge in [-0.3, -0.25) is 4.79 Å². The molecule has 0 radical (unpaired) electrons. The summed E-state index contributed by atoms with van der Waals surface area (Å²) in [5, 5.41) is 0. The second kappa shape index (κ2) is 15.3. The minimum Gasteiger partial charge on any atom is -0.493 e. The van der Waals surface area contributed by atoms with Gasteiger partial charge in [0.1, 0.15) is 0 Å². The van der Waals surface area contributed by atoms with E-state index in [-0.39, 0.29) is 18.6 Å². The van der Waals surface area contributed by atoms with E-state index < -0.39 is 0 Å². The van der Waals surface area contributed by atoms with Crippen molar-refractivity contribution in [2.75, 3.05) is 79.3 Å². The number of methoxy groups -OCH3 is 3. The number of hydrogen-bond donors (Lipinski definition) is 0. The Labute approximate surface area is 298 Å². The molecular weight excluding hydrogens is 650 g/mol.